The van der Waals surface area contributed by atoms with Gasteiger partial charge in [-0.15, -0.1) is 0 Å². The fourth-order valence-electron chi connectivity index (χ4n) is 1.66. The highest BCUT2D eigenvalue weighted by Crippen LogP contribution is 2.12. The van der Waals surface area contributed by atoms with Crippen LogP contribution in [0, 0.1) is 6.92 Å². The van der Waals surface area contributed by atoms with Crippen LogP contribution in [-0.2, 0) is 14.9 Å². The SMILES string of the molecule is Cc1ccc(S(=O)(=O)O)cc1.O=C1CCCCC1. The van der Waals surface area contributed by atoms with E-state index in [2.05, 4.69) is 0 Å². The minimum Gasteiger partial charge on any atom is -0.300 e. The summed E-state index contributed by atoms with van der Waals surface area (Å²) < 4.78 is 29.6. The molecule has 0 radical (unpaired) electrons. The number of ketones is 1. The van der Waals surface area contributed by atoms with Gasteiger partial charge in [0.05, 0.1) is 4.90 Å². The maximum atomic E-state index is 10.5. The highest BCUT2D eigenvalue weighted by Gasteiger charge is 2.07. The van der Waals surface area contributed by atoms with Crippen LogP contribution in [0.2, 0.25) is 0 Å². The molecule has 100 valence electrons. The maximum Gasteiger partial charge on any atom is 0.294 e. The van der Waals surface area contributed by atoms with Crippen LogP contribution in [0.1, 0.15) is 37.7 Å². The molecule has 2 rings (SSSR count). The van der Waals surface area contributed by atoms with E-state index in [1.807, 2.05) is 6.92 Å². The van der Waals surface area contributed by atoms with Crippen LogP contribution in [0.3, 0.4) is 0 Å². The molecule has 1 aromatic carbocycles. The third-order valence-electron chi connectivity index (χ3n) is 2.73. The predicted octanol–water partition coefficient (Wildman–Crippen LogP) is 2.76. The Kier molecular flexibility index (Phi) is 5.50. The highest BCUT2D eigenvalue weighted by atomic mass is 32.2. The minimum atomic E-state index is -4.02. The molecule has 0 aliphatic heterocycles. The Bertz CT molecular complexity index is 480. The van der Waals surface area contributed by atoms with E-state index in [-0.39, 0.29) is 4.90 Å². The Labute approximate surface area is 108 Å². The average Bonchev–Trinajstić information content (AvgIpc) is 2.30. The number of carbonyl (C=O) groups excluding carboxylic acids is 1. The van der Waals surface area contributed by atoms with E-state index < -0.39 is 10.1 Å². The van der Waals surface area contributed by atoms with Crippen molar-refractivity contribution in [3.63, 3.8) is 0 Å². The van der Waals surface area contributed by atoms with Gasteiger partial charge in [-0.2, -0.15) is 8.42 Å². The van der Waals surface area contributed by atoms with E-state index in [4.69, 9.17) is 4.55 Å². The first kappa shape index (κ1) is 14.9. The van der Waals surface area contributed by atoms with Crippen molar-refractivity contribution in [2.75, 3.05) is 0 Å². The number of hydrogen-bond acceptors (Lipinski definition) is 3. The third kappa shape index (κ3) is 5.42. The lowest BCUT2D eigenvalue weighted by Crippen LogP contribution is -2.02. The van der Waals surface area contributed by atoms with Crippen molar-refractivity contribution in [2.24, 2.45) is 0 Å². The average molecular weight is 270 g/mol. The van der Waals surface area contributed by atoms with Gasteiger partial charge in [-0.3, -0.25) is 9.35 Å². The van der Waals surface area contributed by atoms with Crippen molar-refractivity contribution in [2.45, 2.75) is 43.9 Å². The number of Topliss-reactive ketones (excluding diaryl/α,β-unsaturated/α-hetero) is 1. The monoisotopic (exact) mass is 270 g/mol. The van der Waals surface area contributed by atoms with Crippen molar-refractivity contribution in [1.29, 1.82) is 0 Å². The largest absolute Gasteiger partial charge is 0.300 e. The quantitative estimate of drug-likeness (QED) is 0.796. The van der Waals surface area contributed by atoms with Crippen LogP contribution >= 0.6 is 0 Å². The Hall–Kier alpha value is -1.20. The lowest BCUT2D eigenvalue weighted by atomic mass is 10.00. The van der Waals surface area contributed by atoms with Gasteiger partial charge in [0.25, 0.3) is 10.1 Å². The van der Waals surface area contributed by atoms with Crippen LogP contribution in [0.5, 0.6) is 0 Å². The second-order valence-electron chi connectivity index (χ2n) is 4.39. The lowest BCUT2D eigenvalue weighted by Gasteiger charge is -2.05. The Morgan fingerprint density at radius 1 is 1.00 bits per heavy atom. The van der Waals surface area contributed by atoms with E-state index in [1.54, 1.807) is 12.1 Å². The molecule has 18 heavy (non-hydrogen) atoms. The molecule has 1 fully saturated rings. The molecule has 1 aromatic rings. The number of aryl methyl sites for hydroxylation is 1. The minimum absolute atomic E-state index is 0.0666. The molecular weight excluding hydrogens is 252 g/mol. The van der Waals surface area contributed by atoms with Crippen LogP contribution < -0.4 is 0 Å². The summed E-state index contributed by atoms with van der Waals surface area (Å²) in [4.78, 5) is 10.4. The summed E-state index contributed by atoms with van der Waals surface area (Å²) in [7, 11) is -4.02. The second-order valence-corrected chi connectivity index (χ2v) is 5.81. The number of rotatable bonds is 1. The Morgan fingerprint density at radius 3 is 1.83 bits per heavy atom. The molecule has 0 bridgehead atoms. The van der Waals surface area contributed by atoms with Gasteiger partial charge >= 0.3 is 0 Å². The molecule has 4 nitrogen and oxygen atoms in total. The van der Waals surface area contributed by atoms with Gasteiger partial charge < -0.3 is 0 Å². The summed E-state index contributed by atoms with van der Waals surface area (Å²) in [6.07, 6.45) is 5.24. The molecule has 0 aromatic heterocycles. The smallest absolute Gasteiger partial charge is 0.294 e. The molecule has 0 unspecified atom stereocenters. The number of hydrogen-bond donors (Lipinski definition) is 1. The van der Waals surface area contributed by atoms with Gasteiger partial charge in [0.15, 0.2) is 0 Å². The molecule has 0 amide bonds. The zero-order valence-electron chi connectivity index (χ0n) is 10.4. The van der Waals surface area contributed by atoms with Crippen LogP contribution in [-0.4, -0.2) is 18.8 Å². The third-order valence-corrected chi connectivity index (χ3v) is 3.60. The molecular formula is C13H18O4S. The topological polar surface area (TPSA) is 71.4 Å². The highest BCUT2D eigenvalue weighted by molar-refractivity contribution is 7.85. The van der Waals surface area contributed by atoms with Gasteiger partial charge in [0.1, 0.15) is 5.78 Å². The van der Waals surface area contributed by atoms with Gasteiger partial charge in [-0.1, -0.05) is 24.1 Å². The van der Waals surface area contributed by atoms with E-state index in [9.17, 15) is 13.2 Å². The molecule has 1 N–H and O–H groups in total. The van der Waals surface area contributed by atoms with Gasteiger partial charge in [0, 0.05) is 12.8 Å². The second kappa shape index (κ2) is 6.66. The fraction of sp³-hybridized carbons (Fsp3) is 0.462. The number of benzene rings is 1. The van der Waals surface area contributed by atoms with Crippen molar-refractivity contribution >= 4 is 15.9 Å². The van der Waals surface area contributed by atoms with E-state index >= 15 is 0 Å². The number of carbonyl (C=O) groups is 1. The van der Waals surface area contributed by atoms with Crippen molar-refractivity contribution in [3.8, 4) is 0 Å². The van der Waals surface area contributed by atoms with E-state index in [0.717, 1.165) is 31.2 Å². The fourth-order valence-corrected chi connectivity index (χ4v) is 2.14. The normalized spacial score (nSPS) is 15.8. The molecule has 0 heterocycles. The summed E-state index contributed by atoms with van der Waals surface area (Å²) >= 11 is 0. The first-order chi connectivity index (χ1) is 8.39. The summed E-state index contributed by atoms with van der Waals surface area (Å²) in [5.41, 5.74) is 0.956. The Morgan fingerprint density at radius 2 is 1.50 bits per heavy atom. The standard InChI is InChI=1S/C7H8O3S.C6H10O/c1-6-2-4-7(5-3-6)11(8,9)10;7-6-4-2-1-3-5-6/h2-5H,1H3,(H,8,9,10);1-5H2. The molecule has 5 heteroatoms. The van der Waals surface area contributed by atoms with Crippen molar-refractivity contribution in [3.05, 3.63) is 29.8 Å². The summed E-state index contributed by atoms with van der Waals surface area (Å²) in [6.45, 7) is 1.84. The molecule has 1 saturated carbocycles. The molecule has 0 atom stereocenters. The summed E-state index contributed by atoms with van der Waals surface area (Å²) in [6, 6.07) is 5.99. The summed E-state index contributed by atoms with van der Waals surface area (Å²) in [5.74, 6) is 0.464. The van der Waals surface area contributed by atoms with Gasteiger partial charge in [-0.05, 0) is 31.9 Å². The van der Waals surface area contributed by atoms with E-state index in [0.29, 0.717) is 5.78 Å². The van der Waals surface area contributed by atoms with Crippen LogP contribution in [0.15, 0.2) is 29.2 Å². The maximum absolute atomic E-state index is 10.5. The molecule has 0 spiro atoms. The van der Waals surface area contributed by atoms with Crippen molar-refractivity contribution in [1.82, 2.24) is 0 Å². The van der Waals surface area contributed by atoms with Crippen molar-refractivity contribution < 1.29 is 17.8 Å². The summed E-state index contributed by atoms with van der Waals surface area (Å²) in [5, 5.41) is 0. The van der Waals surface area contributed by atoms with Gasteiger partial charge in [-0.25, -0.2) is 0 Å². The first-order valence-corrected chi connectivity index (χ1v) is 7.39. The first-order valence-electron chi connectivity index (χ1n) is 5.95. The van der Waals surface area contributed by atoms with Gasteiger partial charge in [0.2, 0.25) is 0 Å². The van der Waals surface area contributed by atoms with Crippen LogP contribution in [0.25, 0.3) is 0 Å². The molecule has 0 saturated heterocycles. The zero-order chi connectivity index (χ0) is 13.6. The predicted molar refractivity (Wildman–Crippen MR) is 69.1 cm³/mol. The molecule has 1 aliphatic carbocycles. The Balaban J connectivity index is 0.000000199. The zero-order valence-corrected chi connectivity index (χ0v) is 11.2. The van der Waals surface area contributed by atoms with E-state index in [1.165, 1.54) is 18.6 Å². The van der Waals surface area contributed by atoms with Crippen LogP contribution in [0.4, 0.5) is 0 Å². The lowest BCUT2D eigenvalue weighted by molar-refractivity contribution is -0.120. The molecule has 1 aliphatic rings.